The van der Waals surface area contributed by atoms with E-state index in [-0.39, 0.29) is 15.2 Å². The number of aromatic nitrogens is 1. The van der Waals surface area contributed by atoms with Crippen molar-refractivity contribution in [1.82, 2.24) is 4.98 Å². The summed E-state index contributed by atoms with van der Waals surface area (Å²) in [6.07, 6.45) is 1.03. The number of nitrogens with zero attached hydrogens (tertiary/aromatic N) is 1. The molecule has 0 fully saturated rings. The first-order valence-electron chi connectivity index (χ1n) is 2.89. The van der Waals surface area contributed by atoms with Crippen molar-refractivity contribution in [2.75, 3.05) is 0 Å². The van der Waals surface area contributed by atoms with Crippen LogP contribution >= 0.6 is 42.4 Å². The van der Waals surface area contributed by atoms with Crippen LogP contribution in [0.5, 0.6) is 0 Å². The average molecular weight is 262 g/mol. The molecule has 4 nitrogen and oxygen atoms in total. The maximum atomic E-state index is 10.9. The molecule has 1 aromatic heterocycles. The van der Waals surface area contributed by atoms with Crippen LogP contribution in [0.4, 0.5) is 0 Å². The third kappa shape index (κ3) is 2.34. The summed E-state index contributed by atoms with van der Waals surface area (Å²) in [6, 6.07) is 0. The van der Waals surface area contributed by atoms with Gasteiger partial charge in [0.25, 0.3) is 0 Å². The van der Waals surface area contributed by atoms with E-state index in [9.17, 15) is 4.57 Å². The summed E-state index contributed by atoms with van der Waals surface area (Å²) < 4.78 is 10.9. The summed E-state index contributed by atoms with van der Waals surface area (Å²) in [5, 5.41) is -1.20. The Bertz CT molecular complexity index is 391. The third-order valence-electron chi connectivity index (χ3n) is 1.20. The molecule has 0 aliphatic carbocycles. The van der Waals surface area contributed by atoms with E-state index in [0.29, 0.717) is 0 Å². The lowest BCUT2D eigenvalue weighted by atomic mass is 10.5. The van der Waals surface area contributed by atoms with Gasteiger partial charge in [0.1, 0.15) is 10.5 Å². The SMILES string of the molecule is O=P(O)(O)c1c(Cl)cnc(Cl)c1Cl. The molecule has 1 heterocycles. The van der Waals surface area contributed by atoms with Crippen LogP contribution in [0.15, 0.2) is 6.20 Å². The van der Waals surface area contributed by atoms with Gasteiger partial charge in [-0.3, -0.25) is 4.57 Å². The molecule has 8 heteroatoms. The number of hydrogen-bond donors (Lipinski definition) is 2. The van der Waals surface area contributed by atoms with E-state index in [2.05, 4.69) is 4.98 Å². The number of rotatable bonds is 1. The Morgan fingerprint density at radius 1 is 1.31 bits per heavy atom. The highest BCUT2D eigenvalue weighted by Gasteiger charge is 2.26. The molecule has 0 radical (unpaired) electrons. The predicted molar refractivity (Wildman–Crippen MR) is 50.9 cm³/mol. The topological polar surface area (TPSA) is 70.4 Å². The largest absolute Gasteiger partial charge is 0.359 e. The molecule has 0 aromatic carbocycles. The van der Waals surface area contributed by atoms with Gasteiger partial charge in [-0.1, -0.05) is 34.8 Å². The molecule has 0 bridgehead atoms. The van der Waals surface area contributed by atoms with Crippen molar-refractivity contribution in [3.8, 4) is 0 Å². The van der Waals surface area contributed by atoms with Crippen LogP contribution in [-0.2, 0) is 4.57 Å². The fourth-order valence-electron chi connectivity index (χ4n) is 0.701. The van der Waals surface area contributed by atoms with Gasteiger partial charge in [0.15, 0.2) is 0 Å². The summed E-state index contributed by atoms with van der Waals surface area (Å²) in [5.41, 5.74) is 0. The van der Waals surface area contributed by atoms with Crippen LogP contribution in [0.25, 0.3) is 0 Å². The summed E-state index contributed by atoms with van der Waals surface area (Å²) >= 11 is 16.4. The maximum Gasteiger partial charge on any atom is 0.359 e. The quantitative estimate of drug-likeness (QED) is 0.598. The molecule has 1 aromatic rings. The molecule has 0 unspecified atom stereocenters. The lowest BCUT2D eigenvalue weighted by molar-refractivity contribution is 0.387. The summed E-state index contributed by atoms with van der Waals surface area (Å²) in [6.45, 7) is 0. The third-order valence-corrected chi connectivity index (χ3v) is 3.55. The first-order valence-corrected chi connectivity index (χ1v) is 5.64. The van der Waals surface area contributed by atoms with Gasteiger partial charge in [0.05, 0.1) is 10.0 Å². The Morgan fingerprint density at radius 3 is 2.23 bits per heavy atom. The highest BCUT2D eigenvalue weighted by atomic mass is 35.5. The smallest absolute Gasteiger partial charge is 0.321 e. The van der Waals surface area contributed by atoms with Crippen molar-refractivity contribution in [2.24, 2.45) is 0 Å². The van der Waals surface area contributed by atoms with Crippen molar-refractivity contribution in [3.05, 3.63) is 21.4 Å². The Balaban J connectivity index is 3.52. The summed E-state index contributed by atoms with van der Waals surface area (Å²) in [5.74, 6) is 0. The molecule has 1 rings (SSSR count). The van der Waals surface area contributed by atoms with E-state index in [1.807, 2.05) is 0 Å². The Hall–Kier alpha value is 0.170. The fraction of sp³-hybridized carbons (Fsp3) is 0. The van der Waals surface area contributed by atoms with Gasteiger partial charge in [-0.2, -0.15) is 0 Å². The second kappa shape index (κ2) is 3.73. The van der Waals surface area contributed by atoms with Crippen LogP contribution in [0.3, 0.4) is 0 Å². The Morgan fingerprint density at radius 2 is 1.85 bits per heavy atom. The molecule has 0 spiro atoms. The molecule has 0 atom stereocenters. The van der Waals surface area contributed by atoms with Crippen LogP contribution in [0, 0.1) is 0 Å². The molecule has 0 aliphatic heterocycles. The van der Waals surface area contributed by atoms with E-state index in [1.165, 1.54) is 0 Å². The van der Waals surface area contributed by atoms with Crippen LogP contribution < -0.4 is 5.30 Å². The minimum atomic E-state index is -4.51. The molecule has 72 valence electrons. The van der Waals surface area contributed by atoms with Crippen molar-refractivity contribution in [3.63, 3.8) is 0 Å². The first-order chi connectivity index (χ1) is 5.84. The molecule has 0 aliphatic rings. The monoisotopic (exact) mass is 261 g/mol. The summed E-state index contributed by atoms with van der Waals surface area (Å²) in [7, 11) is -4.51. The standard InChI is InChI=1S/C5H3Cl3NO3P/c6-2-1-9-5(8)3(7)4(2)13(10,11)12/h1H,(H2,10,11,12). The molecule has 0 saturated heterocycles. The molecular weight excluding hydrogens is 259 g/mol. The van der Waals surface area contributed by atoms with Gasteiger partial charge >= 0.3 is 7.60 Å². The molecular formula is C5H3Cl3NO3P. The lowest BCUT2D eigenvalue weighted by Crippen LogP contribution is -2.08. The molecule has 0 saturated carbocycles. The zero-order chi connectivity index (χ0) is 10.2. The van der Waals surface area contributed by atoms with Crippen molar-refractivity contribution in [1.29, 1.82) is 0 Å². The first kappa shape index (κ1) is 11.2. The van der Waals surface area contributed by atoms with Crippen LogP contribution in [0.1, 0.15) is 0 Å². The normalized spacial score (nSPS) is 11.8. The number of halogens is 3. The van der Waals surface area contributed by atoms with E-state index < -0.39 is 12.9 Å². The van der Waals surface area contributed by atoms with Gasteiger partial charge in [0, 0.05) is 6.20 Å². The van der Waals surface area contributed by atoms with Crippen molar-refractivity contribution in [2.45, 2.75) is 0 Å². The minimum Gasteiger partial charge on any atom is -0.321 e. The lowest BCUT2D eigenvalue weighted by Gasteiger charge is -2.08. The summed E-state index contributed by atoms with van der Waals surface area (Å²) in [4.78, 5) is 21.2. The zero-order valence-corrected chi connectivity index (χ0v) is 9.07. The molecule has 2 N–H and O–H groups in total. The Labute approximate surface area is 88.6 Å². The average Bonchev–Trinajstić information content (AvgIpc) is 1.95. The second-order valence-corrected chi connectivity index (χ2v) is 4.78. The van der Waals surface area contributed by atoms with E-state index in [4.69, 9.17) is 44.6 Å². The second-order valence-electron chi connectivity index (χ2n) is 2.10. The van der Waals surface area contributed by atoms with Gasteiger partial charge in [-0.05, 0) is 0 Å². The highest BCUT2D eigenvalue weighted by Crippen LogP contribution is 2.40. The molecule has 0 amide bonds. The Kier molecular flexibility index (Phi) is 3.23. The van der Waals surface area contributed by atoms with Crippen molar-refractivity contribution < 1.29 is 14.4 Å². The van der Waals surface area contributed by atoms with E-state index in [1.54, 1.807) is 0 Å². The van der Waals surface area contributed by atoms with Gasteiger partial charge in [-0.25, -0.2) is 4.98 Å². The van der Waals surface area contributed by atoms with Gasteiger partial charge in [0.2, 0.25) is 0 Å². The fourth-order valence-corrected chi connectivity index (χ4v) is 2.61. The van der Waals surface area contributed by atoms with E-state index in [0.717, 1.165) is 6.20 Å². The highest BCUT2D eigenvalue weighted by molar-refractivity contribution is 7.61. The maximum absolute atomic E-state index is 10.9. The van der Waals surface area contributed by atoms with Crippen LogP contribution in [-0.4, -0.2) is 14.8 Å². The van der Waals surface area contributed by atoms with Gasteiger partial charge < -0.3 is 9.79 Å². The zero-order valence-electron chi connectivity index (χ0n) is 5.91. The predicted octanol–water partition coefficient (Wildman–Crippen LogP) is 1.84. The van der Waals surface area contributed by atoms with Gasteiger partial charge in [-0.15, -0.1) is 0 Å². The van der Waals surface area contributed by atoms with Crippen molar-refractivity contribution >= 4 is 47.7 Å². The van der Waals surface area contributed by atoms with E-state index >= 15 is 0 Å². The van der Waals surface area contributed by atoms with Crippen LogP contribution in [0.2, 0.25) is 15.2 Å². The molecule has 13 heavy (non-hydrogen) atoms. The number of pyridine rings is 1. The number of hydrogen-bond acceptors (Lipinski definition) is 2. The minimum absolute atomic E-state index is 0.190.